The number of hydrogen-bond donors (Lipinski definition) is 2. The van der Waals surface area contributed by atoms with E-state index in [0.717, 1.165) is 25.7 Å². The van der Waals surface area contributed by atoms with Crippen molar-refractivity contribution in [3.63, 3.8) is 0 Å². The van der Waals surface area contributed by atoms with Crippen LogP contribution in [0.25, 0.3) is 0 Å². The lowest BCUT2D eigenvalue weighted by Gasteiger charge is -2.26. The van der Waals surface area contributed by atoms with E-state index in [2.05, 4.69) is 15.4 Å². The number of aromatic nitrogens is 3. The van der Waals surface area contributed by atoms with Gasteiger partial charge in [0.05, 0.1) is 6.04 Å². The largest absolute Gasteiger partial charge is 0.348 e. The molecule has 1 heterocycles. The average Bonchev–Trinajstić information content (AvgIpc) is 2.63. The van der Waals surface area contributed by atoms with Gasteiger partial charge in [0.25, 0.3) is 5.91 Å². The highest BCUT2D eigenvalue weighted by molar-refractivity contribution is 5.92. The van der Waals surface area contributed by atoms with Gasteiger partial charge in [-0.1, -0.05) is 52.4 Å². The minimum Gasteiger partial charge on any atom is -0.348 e. The van der Waals surface area contributed by atoms with Gasteiger partial charge in [0.2, 0.25) is 0 Å². The molecule has 6 nitrogen and oxygen atoms in total. The third kappa shape index (κ3) is 4.28. The zero-order valence-corrected chi connectivity index (χ0v) is 15.6. The number of rotatable bonds is 4. The maximum absolute atomic E-state index is 12.8. The number of carbonyl (C=O) groups excluding carboxylic acids is 1. The molecular formula is C19H31N5O. The fourth-order valence-corrected chi connectivity index (χ4v) is 3.95. The summed E-state index contributed by atoms with van der Waals surface area (Å²) in [6.07, 6.45) is 11.3. The van der Waals surface area contributed by atoms with Crippen molar-refractivity contribution in [2.24, 2.45) is 0 Å². The van der Waals surface area contributed by atoms with E-state index >= 15 is 0 Å². The zero-order chi connectivity index (χ0) is 17.8. The standard InChI is InChI=1S/C19H31N5O/c1-13(2)18-22-16(19(25)21-14-9-5-3-6-10-14)17(20)24(23-18)15-11-7-4-8-12-15/h13-15,20H,3-12H2,1-2H3,(H,21,25). The fraction of sp³-hybridized carbons (Fsp3) is 0.789. The van der Waals surface area contributed by atoms with Crippen LogP contribution >= 0.6 is 0 Å². The average molecular weight is 345 g/mol. The van der Waals surface area contributed by atoms with Crippen LogP contribution in [-0.4, -0.2) is 26.7 Å². The topological polar surface area (TPSA) is 83.7 Å². The van der Waals surface area contributed by atoms with Crippen molar-refractivity contribution in [1.29, 1.82) is 5.41 Å². The summed E-state index contributed by atoms with van der Waals surface area (Å²) >= 11 is 0. The van der Waals surface area contributed by atoms with Crippen LogP contribution in [0.2, 0.25) is 0 Å². The first kappa shape index (κ1) is 18.1. The molecule has 0 bridgehead atoms. The lowest BCUT2D eigenvalue weighted by Crippen LogP contribution is -2.42. The summed E-state index contributed by atoms with van der Waals surface area (Å²) in [6.45, 7) is 4.07. The normalized spacial score (nSPS) is 20.0. The summed E-state index contributed by atoms with van der Waals surface area (Å²) in [5.41, 5.74) is 0.416. The quantitative estimate of drug-likeness (QED) is 0.876. The van der Waals surface area contributed by atoms with Crippen LogP contribution in [0.4, 0.5) is 0 Å². The third-order valence-corrected chi connectivity index (χ3v) is 5.48. The van der Waals surface area contributed by atoms with E-state index in [4.69, 9.17) is 5.41 Å². The Morgan fingerprint density at radius 3 is 2.28 bits per heavy atom. The van der Waals surface area contributed by atoms with Crippen LogP contribution in [0.5, 0.6) is 0 Å². The Hall–Kier alpha value is -1.72. The molecule has 0 aliphatic heterocycles. The van der Waals surface area contributed by atoms with Crippen molar-refractivity contribution < 1.29 is 4.79 Å². The molecule has 3 rings (SSSR count). The Bertz CT molecular complexity index is 654. The first-order valence-electron chi connectivity index (χ1n) is 9.92. The molecule has 6 heteroatoms. The highest BCUT2D eigenvalue weighted by Gasteiger charge is 2.24. The van der Waals surface area contributed by atoms with E-state index in [0.29, 0.717) is 5.82 Å². The molecule has 2 N–H and O–H groups in total. The molecule has 1 aromatic heterocycles. The van der Waals surface area contributed by atoms with E-state index in [1.807, 2.05) is 13.8 Å². The number of hydrogen-bond acceptors (Lipinski definition) is 4. The van der Waals surface area contributed by atoms with Gasteiger partial charge in [0.15, 0.2) is 17.0 Å². The maximum atomic E-state index is 12.8. The van der Waals surface area contributed by atoms with Crippen molar-refractivity contribution in [1.82, 2.24) is 20.1 Å². The molecule has 2 fully saturated rings. The van der Waals surface area contributed by atoms with Crippen molar-refractivity contribution in [3.8, 4) is 0 Å². The van der Waals surface area contributed by atoms with Crippen molar-refractivity contribution in [2.45, 2.75) is 96.1 Å². The number of carbonyl (C=O) groups is 1. The molecule has 0 spiro atoms. The second-order valence-electron chi connectivity index (χ2n) is 7.87. The summed E-state index contributed by atoms with van der Waals surface area (Å²) in [7, 11) is 0. The van der Waals surface area contributed by atoms with Gasteiger partial charge in [-0.15, -0.1) is 0 Å². The molecule has 0 radical (unpaired) electrons. The number of nitrogens with zero attached hydrogens (tertiary/aromatic N) is 3. The predicted octanol–water partition coefficient (Wildman–Crippen LogP) is 3.45. The van der Waals surface area contributed by atoms with Crippen LogP contribution in [0.1, 0.15) is 106 Å². The SMILES string of the molecule is CC(C)c1nc(C(=O)NC2CCCCC2)c(=N)n(C2CCCCC2)n1. The monoisotopic (exact) mass is 345 g/mol. The Balaban J connectivity index is 1.89. The first-order valence-corrected chi connectivity index (χ1v) is 9.92. The highest BCUT2D eigenvalue weighted by Crippen LogP contribution is 2.26. The fourth-order valence-electron chi connectivity index (χ4n) is 3.95. The molecule has 0 saturated heterocycles. The van der Waals surface area contributed by atoms with Gasteiger partial charge in [-0.3, -0.25) is 10.2 Å². The highest BCUT2D eigenvalue weighted by atomic mass is 16.2. The molecule has 2 aliphatic carbocycles. The Labute approximate surface area is 149 Å². The molecule has 2 aliphatic rings. The van der Waals surface area contributed by atoms with E-state index in [1.165, 1.54) is 38.5 Å². The third-order valence-electron chi connectivity index (χ3n) is 5.48. The van der Waals surface area contributed by atoms with Crippen molar-refractivity contribution >= 4 is 5.91 Å². The first-order chi connectivity index (χ1) is 12.1. The second kappa shape index (κ2) is 8.11. The molecule has 0 aromatic carbocycles. The zero-order valence-electron chi connectivity index (χ0n) is 15.6. The Morgan fingerprint density at radius 1 is 1.08 bits per heavy atom. The van der Waals surface area contributed by atoms with Crippen molar-refractivity contribution in [3.05, 3.63) is 17.0 Å². The number of nitrogens with one attached hydrogen (secondary N) is 2. The van der Waals surface area contributed by atoms with Gasteiger partial charge in [-0.05, 0) is 25.7 Å². The summed E-state index contributed by atoms with van der Waals surface area (Å²) < 4.78 is 1.78. The van der Waals surface area contributed by atoms with Gasteiger partial charge in [-0.25, -0.2) is 9.67 Å². The molecule has 0 atom stereocenters. The molecule has 1 aromatic rings. The van der Waals surface area contributed by atoms with Gasteiger partial charge in [-0.2, -0.15) is 5.10 Å². The van der Waals surface area contributed by atoms with Crippen molar-refractivity contribution in [2.75, 3.05) is 0 Å². The summed E-state index contributed by atoms with van der Waals surface area (Å²) in [6, 6.07) is 0.448. The predicted molar refractivity (Wildman–Crippen MR) is 96.4 cm³/mol. The van der Waals surface area contributed by atoms with Gasteiger partial charge < -0.3 is 5.32 Å². The smallest absolute Gasteiger partial charge is 0.274 e. The summed E-state index contributed by atoms with van der Waals surface area (Å²) in [4.78, 5) is 17.3. The number of amides is 1. The molecule has 2 saturated carbocycles. The van der Waals surface area contributed by atoms with Crippen LogP contribution < -0.4 is 10.8 Å². The van der Waals surface area contributed by atoms with Crippen LogP contribution in [0.15, 0.2) is 0 Å². The summed E-state index contributed by atoms with van der Waals surface area (Å²) in [5.74, 6) is 0.595. The van der Waals surface area contributed by atoms with Crippen LogP contribution in [0, 0.1) is 5.41 Å². The molecule has 0 unspecified atom stereocenters. The van der Waals surface area contributed by atoms with Crippen LogP contribution in [-0.2, 0) is 0 Å². The Kier molecular flexibility index (Phi) is 5.86. The molecule has 25 heavy (non-hydrogen) atoms. The van der Waals surface area contributed by atoms with Gasteiger partial charge in [0.1, 0.15) is 0 Å². The van der Waals surface area contributed by atoms with Gasteiger partial charge in [0, 0.05) is 12.0 Å². The van der Waals surface area contributed by atoms with E-state index in [1.54, 1.807) is 4.68 Å². The molecule has 138 valence electrons. The second-order valence-corrected chi connectivity index (χ2v) is 7.87. The molecular weight excluding hydrogens is 314 g/mol. The maximum Gasteiger partial charge on any atom is 0.274 e. The van der Waals surface area contributed by atoms with E-state index < -0.39 is 0 Å². The van der Waals surface area contributed by atoms with E-state index in [-0.39, 0.29) is 35.1 Å². The van der Waals surface area contributed by atoms with Gasteiger partial charge >= 0.3 is 0 Å². The summed E-state index contributed by atoms with van der Waals surface area (Å²) in [5, 5.41) is 16.3. The van der Waals surface area contributed by atoms with Crippen LogP contribution in [0.3, 0.4) is 0 Å². The lowest BCUT2D eigenvalue weighted by atomic mass is 9.95. The molecule has 1 amide bonds. The minimum atomic E-state index is -0.203. The minimum absolute atomic E-state index is 0.136. The lowest BCUT2D eigenvalue weighted by molar-refractivity contribution is 0.0917. The Morgan fingerprint density at radius 2 is 1.68 bits per heavy atom. The van der Waals surface area contributed by atoms with E-state index in [9.17, 15) is 4.79 Å².